The molecular formula is C12H13N7O2. The number of imidazole rings is 1. The first kappa shape index (κ1) is 13.0. The van der Waals surface area contributed by atoms with Crippen LogP contribution >= 0.6 is 0 Å². The van der Waals surface area contributed by atoms with Gasteiger partial charge in [0.2, 0.25) is 5.95 Å². The molecule has 9 heteroatoms. The third kappa shape index (κ3) is 2.40. The van der Waals surface area contributed by atoms with E-state index in [9.17, 15) is 10.1 Å². The molecule has 3 aromatic rings. The average molecular weight is 287 g/mol. The Balaban J connectivity index is 1.88. The van der Waals surface area contributed by atoms with E-state index in [1.54, 1.807) is 12.4 Å². The number of H-pyrrole nitrogens is 1. The van der Waals surface area contributed by atoms with Crippen LogP contribution in [0.3, 0.4) is 0 Å². The Morgan fingerprint density at radius 1 is 1.48 bits per heavy atom. The normalized spacial score (nSPS) is 12.5. The number of nitrogens with one attached hydrogen (secondary N) is 2. The van der Waals surface area contributed by atoms with Crippen LogP contribution in [0.2, 0.25) is 0 Å². The molecule has 0 amide bonds. The highest BCUT2D eigenvalue weighted by atomic mass is 16.6. The van der Waals surface area contributed by atoms with Crippen LogP contribution in [0.1, 0.15) is 18.8 Å². The van der Waals surface area contributed by atoms with E-state index in [4.69, 9.17) is 0 Å². The maximum absolute atomic E-state index is 10.8. The van der Waals surface area contributed by atoms with Crippen LogP contribution in [0.15, 0.2) is 24.5 Å². The smallest absolute Gasteiger partial charge is 0.271 e. The van der Waals surface area contributed by atoms with Crippen molar-refractivity contribution in [1.29, 1.82) is 0 Å². The van der Waals surface area contributed by atoms with Crippen molar-refractivity contribution >= 4 is 22.7 Å². The third-order valence-electron chi connectivity index (χ3n) is 3.16. The Labute approximate surface area is 119 Å². The quantitative estimate of drug-likeness (QED) is 0.558. The summed E-state index contributed by atoms with van der Waals surface area (Å²) in [5.41, 5.74) is 1.30. The third-order valence-corrected chi connectivity index (χ3v) is 3.16. The Morgan fingerprint density at radius 3 is 2.95 bits per heavy atom. The van der Waals surface area contributed by atoms with Crippen LogP contribution in [0, 0.1) is 10.1 Å². The molecule has 0 aliphatic carbocycles. The Morgan fingerprint density at radius 2 is 2.29 bits per heavy atom. The van der Waals surface area contributed by atoms with Crippen molar-refractivity contribution in [2.24, 2.45) is 7.05 Å². The molecule has 0 saturated heterocycles. The number of hydrogen-bond acceptors (Lipinski definition) is 6. The number of anilines is 1. The summed E-state index contributed by atoms with van der Waals surface area (Å²) < 4.78 is 1.81. The van der Waals surface area contributed by atoms with Crippen molar-refractivity contribution in [3.8, 4) is 0 Å². The minimum atomic E-state index is -0.435. The lowest BCUT2D eigenvalue weighted by molar-refractivity contribution is -0.384. The molecule has 0 saturated carbocycles. The van der Waals surface area contributed by atoms with Gasteiger partial charge in [-0.05, 0) is 13.0 Å². The van der Waals surface area contributed by atoms with Gasteiger partial charge in [-0.15, -0.1) is 10.2 Å². The lowest BCUT2D eigenvalue weighted by Crippen LogP contribution is -2.12. The minimum absolute atomic E-state index is 0.0269. The van der Waals surface area contributed by atoms with Crippen LogP contribution in [0.5, 0.6) is 0 Å². The molecule has 0 aliphatic rings. The summed E-state index contributed by atoms with van der Waals surface area (Å²) in [4.78, 5) is 17.7. The van der Waals surface area contributed by atoms with Gasteiger partial charge in [0, 0.05) is 19.2 Å². The zero-order valence-corrected chi connectivity index (χ0v) is 11.4. The first-order valence-corrected chi connectivity index (χ1v) is 6.29. The molecule has 2 N–H and O–H groups in total. The summed E-state index contributed by atoms with van der Waals surface area (Å²) >= 11 is 0. The molecule has 1 aromatic carbocycles. The number of benzene rings is 1. The van der Waals surface area contributed by atoms with Crippen molar-refractivity contribution in [2.75, 3.05) is 5.32 Å². The zero-order valence-electron chi connectivity index (χ0n) is 11.4. The van der Waals surface area contributed by atoms with Gasteiger partial charge in [0.25, 0.3) is 5.69 Å². The summed E-state index contributed by atoms with van der Waals surface area (Å²) in [7, 11) is 1.86. The number of nitrogens with zero attached hydrogens (tertiary/aromatic N) is 5. The maximum atomic E-state index is 10.8. The molecule has 21 heavy (non-hydrogen) atoms. The highest BCUT2D eigenvalue weighted by Gasteiger charge is 2.14. The summed E-state index contributed by atoms with van der Waals surface area (Å²) in [5.74, 6) is 1.29. The van der Waals surface area contributed by atoms with Crippen LogP contribution in [-0.2, 0) is 7.05 Å². The molecule has 0 aliphatic heterocycles. The Kier molecular flexibility index (Phi) is 3.01. The summed E-state index contributed by atoms with van der Waals surface area (Å²) in [6, 6.07) is 4.40. The van der Waals surface area contributed by atoms with E-state index in [1.807, 2.05) is 18.5 Å². The van der Waals surface area contributed by atoms with Gasteiger partial charge in [-0.1, -0.05) is 0 Å². The number of aromatic nitrogens is 5. The number of rotatable bonds is 4. The van der Waals surface area contributed by atoms with Gasteiger partial charge in [0.15, 0.2) is 5.82 Å². The van der Waals surface area contributed by atoms with E-state index in [1.165, 1.54) is 12.1 Å². The number of aryl methyl sites for hydroxylation is 1. The lowest BCUT2D eigenvalue weighted by Gasteiger charge is -2.11. The van der Waals surface area contributed by atoms with Crippen molar-refractivity contribution in [3.63, 3.8) is 0 Å². The van der Waals surface area contributed by atoms with E-state index < -0.39 is 4.92 Å². The monoisotopic (exact) mass is 287 g/mol. The van der Waals surface area contributed by atoms with E-state index >= 15 is 0 Å². The molecular weight excluding hydrogens is 274 g/mol. The van der Waals surface area contributed by atoms with E-state index in [0.717, 1.165) is 5.82 Å². The van der Waals surface area contributed by atoms with Crippen LogP contribution in [0.4, 0.5) is 11.6 Å². The van der Waals surface area contributed by atoms with Crippen LogP contribution < -0.4 is 5.32 Å². The van der Waals surface area contributed by atoms with Crippen LogP contribution in [-0.4, -0.2) is 29.7 Å². The predicted octanol–water partition coefficient (Wildman–Crippen LogP) is 1.77. The fourth-order valence-electron chi connectivity index (χ4n) is 2.13. The minimum Gasteiger partial charge on any atom is -0.346 e. The number of non-ortho nitro benzene ring substituents is 1. The number of nitro groups is 1. The second-order valence-electron chi connectivity index (χ2n) is 4.71. The lowest BCUT2D eigenvalue weighted by atomic mass is 10.3. The van der Waals surface area contributed by atoms with Crippen LogP contribution in [0.25, 0.3) is 11.0 Å². The highest BCUT2D eigenvalue weighted by Crippen LogP contribution is 2.22. The fourth-order valence-corrected chi connectivity index (χ4v) is 2.13. The molecule has 0 spiro atoms. The van der Waals surface area contributed by atoms with Gasteiger partial charge in [-0.25, -0.2) is 4.98 Å². The molecule has 3 rings (SSSR count). The molecule has 0 fully saturated rings. The second-order valence-corrected chi connectivity index (χ2v) is 4.71. The maximum Gasteiger partial charge on any atom is 0.271 e. The zero-order chi connectivity index (χ0) is 15.0. The Hall–Kier alpha value is -2.97. The van der Waals surface area contributed by atoms with Gasteiger partial charge in [-0.3, -0.25) is 10.1 Å². The number of aromatic amines is 1. The first-order chi connectivity index (χ1) is 10.0. The second kappa shape index (κ2) is 4.85. The number of nitro benzene ring substituents is 1. The molecule has 2 aromatic heterocycles. The van der Waals surface area contributed by atoms with E-state index in [0.29, 0.717) is 17.0 Å². The average Bonchev–Trinajstić information content (AvgIpc) is 3.02. The van der Waals surface area contributed by atoms with Gasteiger partial charge < -0.3 is 14.9 Å². The van der Waals surface area contributed by atoms with Gasteiger partial charge in [0.1, 0.15) is 6.33 Å². The Bertz CT molecular complexity index is 807. The molecule has 108 valence electrons. The summed E-state index contributed by atoms with van der Waals surface area (Å²) in [6.07, 6.45) is 1.62. The van der Waals surface area contributed by atoms with Crippen molar-refractivity contribution in [1.82, 2.24) is 24.7 Å². The molecule has 1 unspecified atom stereocenters. The van der Waals surface area contributed by atoms with E-state index in [-0.39, 0.29) is 11.7 Å². The molecule has 9 nitrogen and oxygen atoms in total. The van der Waals surface area contributed by atoms with Crippen molar-refractivity contribution < 1.29 is 4.92 Å². The highest BCUT2D eigenvalue weighted by molar-refractivity contribution is 5.79. The topological polar surface area (TPSA) is 115 Å². The summed E-state index contributed by atoms with van der Waals surface area (Å²) in [5, 5.41) is 21.8. The van der Waals surface area contributed by atoms with E-state index in [2.05, 4.69) is 25.5 Å². The largest absolute Gasteiger partial charge is 0.346 e. The van der Waals surface area contributed by atoms with Gasteiger partial charge in [-0.2, -0.15) is 0 Å². The summed E-state index contributed by atoms with van der Waals surface area (Å²) in [6.45, 7) is 1.93. The predicted molar refractivity (Wildman–Crippen MR) is 75.8 cm³/mol. The standard InChI is InChI=1S/C12H13N7O2/c1-7(11-17-13-6-18(11)2)14-12-15-9-4-3-8(19(20)21)5-10(9)16-12/h3-7H,1-2H3,(H2,14,15,16). The van der Waals surface area contributed by atoms with Crippen molar-refractivity contribution in [2.45, 2.75) is 13.0 Å². The molecule has 2 heterocycles. The molecule has 1 atom stereocenters. The number of hydrogen-bond donors (Lipinski definition) is 2. The van der Waals surface area contributed by atoms with Gasteiger partial charge >= 0.3 is 0 Å². The van der Waals surface area contributed by atoms with Crippen molar-refractivity contribution in [3.05, 3.63) is 40.5 Å². The first-order valence-electron chi connectivity index (χ1n) is 6.29. The SMILES string of the molecule is CC(Nc1nc2ccc([N+](=O)[O-])cc2[nH]1)c1nncn1C. The fraction of sp³-hybridized carbons (Fsp3) is 0.250. The number of fused-ring (bicyclic) bond motifs is 1. The van der Waals surface area contributed by atoms with Gasteiger partial charge in [0.05, 0.1) is 22.0 Å². The molecule has 0 bridgehead atoms. The molecule has 0 radical (unpaired) electrons.